The van der Waals surface area contributed by atoms with Crippen molar-refractivity contribution in [3.8, 4) is 5.75 Å². The quantitative estimate of drug-likeness (QED) is 0.799. The average molecular weight is 329 g/mol. The highest BCUT2D eigenvalue weighted by Gasteiger charge is 2.61. The van der Waals surface area contributed by atoms with Crippen LogP contribution >= 0.6 is 0 Å². The molecule has 1 saturated carbocycles. The van der Waals surface area contributed by atoms with Gasteiger partial charge in [0.1, 0.15) is 5.75 Å². The number of benzene rings is 1. The van der Waals surface area contributed by atoms with E-state index in [2.05, 4.69) is 37.1 Å². The van der Waals surface area contributed by atoms with Crippen LogP contribution in [0.1, 0.15) is 43.7 Å². The van der Waals surface area contributed by atoms with Crippen LogP contribution in [0, 0.1) is 11.3 Å². The van der Waals surface area contributed by atoms with E-state index in [0.29, 0.717) is 18.6 Å². The molecule has 3 fully saturated rings. The summed E-state index contributed by atoms with van der Waals surface area (Å²) >= 11 is 0. The summed E-state index contributed by atoms with van der Waals surface area (Å²) < 4.78 is 11.1. The standard InChI is InChI=1S/C20H27NO3/c1-5-24-19(22)13-11-20(2)14-10-15(13)21(3)17(20)9-12-7-6-8-16(23-4)18(12)14/h6-8,13-15,17H,5,9-11H2,1-4H3/t13?,14?,15?,17?,20-/m1/s1. The summed E-state index contributed by atoms with van der Waals surface area (Å²) in [5.74, 6) is 1.47. The van der Waals surface area contributed by atoms with E-state index in [9.17, 15) is 4.79 Å². The SMILES string of the molecule is CCOC(=O)C1C[C@]2(C)C3CC1N(C)C2Cc1cccc(OC)c13. The third-order valence-corrected chi connectivity index (χ3v) is 6.90. The molecule has 1 aromatic carbocycles. The molecule has 0 aromatic heterocycles. The van der Waals surface area contributed by atoms with Crippen molar-refractivity contribution in [3.63, 3.8) is 0 Å². The molecule has 2 aliphatic heterocycles. The zero-order chi connectivity index (χ0) is 17.1. The number of nitrogens with zero attached hydrogens (tertiary/aromatic N) is 1. The number of likely N-dealkylation sites (N-methyl/N-ethyl adjacent to an activating group) is 1. The number of hydrogen-bond donors (Lipinski definition) is 0. The normalized spacial score (nSPS) is 37.0. The molecule has 5 rings (SSSR count). The van der Waals surface area contributed by atoms with Gasteiger partial charge in [-0.25, -0.2) is 0 Å². The Balaban J connectivity index is 1.77. The van der Waals surface area contributed by atoms with Crippen molar-refractivity contribution in [1.82, 2.24) is 4.90 Å². The topological polar surface area (TPSA) is 38.8 Å². The van der Waals surface area contributed by atoms with Crippen molar-refractivity contribution in [2.45, 2.75) is 51.1 Å². The minimum Gasteiger partial charge on any atom is -0.496 e. The van der Waals surface area contributed by atoms with Crippen molar-refractivity contribution < 1.29 is 14.3 Å². The monoisotopic (exact) mass is 329 g/mol. The lowest BCUT2D eigenvalue weighted by Gasteiger charge is -2.64. The molecule has 0 N–H and O–H groups in total. The molecule has 4 nitrogen and oxygen atoms in total. The lowest BCUT2D eigenvalue weighted by molar-refractivity contribution is -0.169. The molecule has 0 radical (unpaired) electrons. The van der Waals surface area contributed by atoms with Crippen LogP contribution in [0.5, 0.6) is 5.75 Å². The van der Waals surface area contributed by atoms with Crippen LogP contribution in [0.15, 0.2) is 18.2 Å². The molecule has 4 unspecified atom stereocenters. The predicted octanol–water partition coefficient (Wildman–Crippen LogP) is 3.00. The van der Waals surface area contributed by atoms with Gasteiger partial charge in [-0.1, -0.05) is 19.1 Å². The second-order valence-electron chi connectivity index (χ2n) is 7.84. The molecule has 2 heterocycles. The number of carbonyl (C=O) groups is 1. The number of fused-ring (bicyclic) bond motifs is 2. The maximum absolute atomic E-state index is 12.5. The largest absolute Gasteiger partial charge is 0.496 e. The number of piperidine rings is 2. The third-order valence-electron chi connectivity index (χ3n) is 6.90. The molecule has 1 aromatic rings. The summed E-state index contributed by atoms with van der Waals surface area (Å²) in [5.41, 5.74) is 2.91. The van der Waals surface area contributed by atoms with Crippen LogP contribution < -0.4 is 4.74 Å². The highest BCUT2D eigenvalue weighted by molar-refractivity contribution is 5.74. The van der Waals surface area contributed by atoms with E-state index in [-0.39, 0.29) is 23.3 Å². The Kier molecular flexibility index (Phi) is 3.64. The zero-order valence-electron chi connectivity index (χ0n) is 15.0. The average Bonchev–Trinajstić information content (AvgIpc) is 2.57. The first-order chi connectivity index (χ1) is 11.5. The molecule has 0 amide bonds. The molecule has 4 heteroatoms. The maximum Gasteiger partial charge on any atom is 0.310 e. The zero-order valence-corrected chi connectivity index (χ0v) is 15.0. The highest BCUT2D eigenvalue weighted by atomic mass is 16.5. The van der Waals surface area contributed by atoms with Gasteiger partial charge in [-0.05, 0) is 56.2 Å². The van der Waals surface area contributed by atoms with Gasteiger partial charge in [-0.3, -0.25) is 9.69 Å². The number of rotatable bonds is 3. The van der Waals surface area contributed by atoms with Crippen molar-refractivity contribution in [3.05, 3.63) is 29.3 Å². The van der Waals surface area contributed by atoms with E-state index in [1.807, 2.05) is 6.92 Å². The predicted molar refractivity (Wildman–Crippen MR) is 92.2 cm³/mol. The minimum atomic E-state index is -0.0155. The Bertz CT molecular complexity index is 673. The van der Waals surface area contributed by atoms with Gasteiger partial charge < -0.3 is 9.47 Å². The number of carbonyl (C=O) groups excluding carboxylic acids is 1. The minimum absolute atomic E-state index is 0.00343. The van der Waals surface area contributed by atoms with E-state index >= 15 is 0 Å². The summed E-state index contributed by atoms with van der Waals surface area (Å²) in [6.07, 6.45) is 2.98. The Morgan fingerprint density at radius 1 is 1.42 bits per heavy atom. The van der Waals surface area contributed by atoms with Crippen LogP contribution in [-0.4, -0.2) is 43.7 Å². The number of ether oxygens (including phenoxy) is 2. The maximum atomic E-state index is 12.5. The van der Waals surface area contributed by atoms with Gasteiger partial charge in [0, 0.05) is 17.6 Å². The second-order valence-corrected chi connectivity index (χ2v) is 7.84. The summed E-state index contributed by atoms with van der Waals surface area (Å²) in [5, 5.41) is 0. The number of esters is 1. The van der Waals surface area contributed by atoms with Crippen LogP contribution in [0.3, 0.4) is 0 Å². The molecular formula is C20H27NO3. The van der Waals surface area contributed by atoms with Crippen molar-refractivity contribution in [2.75, 3.05) is 20.8 Å². The van der Waals surface area contributed by atoms with Crippen LogP contribution in [0.4, 0.5) is 0 Å². The Labute approximate surface area is 144 Å². The van der Waals surface area contributed by atoms with Crippen LogP contribution in [0.2, 0.25) is 0 Å². The van der Waals surface area contributed by atoms with E-state index in [0.717, 1.165) is 25.0 Å². The van der Waals surface area contributed by atoms with E-state index in [4.69, 9.17) is 9.47 Å². The molecule has 5 atom stereocenters. The lowest BCUT2D eigenvalue weighted by Crippen LogP contribution is -2.68. The lowest BCUT2D eigenvalue weighted by atomic mass is 9.49. The third kappa shape index (κ3) is 1.98. The van der Waals surface area contributed by atoms with Gasteiger partial charge in [-0.2, -0.15) is 0 Å². The Morgan fingerprint density at radius 2 is 2.21 bits per heavy atom. The fourth-order valence-electron chi connectivity index (χ4n) is 5.81. The summed E-state index contributed by atoms with van der Waals surface area (Å²) in [4.78, 5) is 15.0. The fourth-order valence-corrected chi connectivity index (χ4v) is 5.81. The van der Waals surface area contributed by atoms with Gasteiger partial charge in [0.25, 0.3) is 0 Å². The molecule has 2 saturated heterocycles. The Hall–Kier alpha value is -1.55. The number of methoxy groups -OCH3 is 1. The first kappa shape index (κ1) is 15.9. The van der Waals surface area contributed by atoms with E-state index in [1.54, 1.807) is 7.11 Å². The Morgan fingerprint density at radius 3 is 2.92 bits per heavy atom. The molecule has 4 bridgehead atoms. The van der Waals surface area contributed by atoms with Crippen molar-refractivity contribution in [1.29, 1.82) is 0 Å². The molecular weight excluding hydrogens is 302 g/mol. The van der Waals surface area contributed by atoms with Crippen molar-refractivity contribution >= 4 is 5.97 Å². The van der Waals surface area contributed by atoms with Crippen LogP contribution in [-0.2, 0) is 16.0 Å². The van der Waals surface area contributed by atoms with E-state index in [1.165, 1.54) is 11.1 Å². The first-order valence-corrected chi connectivity index (χ1v) is 9.05. The molecule has 24 heavy (non-hydrogen) atoms. The first-order valence-electron chi connectivity index (χ1n) is 9.05. The summed E-state index contributed by atoms with van der Waals surface area (Å²) in [6, 6.07) is 7.19. The van der Waals surface area contributed by atoms with Crippen LogP contribution in [0.25, 0.3) is 0 Å². The van der Waals surface area contributed by atoms with Gasteiger partial charge in [-0.15, -0.1) is 0 Å². The van der Waals surface area contributed by atoms with Crippen molar-refractivity contribution in [2.24, 2.45) is 11.3 Å². The molecule has 130 valence electrons. The van der Waals surface area contributed by atoms with Gasteiger partial charge >= 0.3 is 5.97 Å². The molecule has 4 aliphatic rings. The van der Waals surface area contributed by atoms with Gasteiger partial charge in [0.15, 0.2) is 0 Å². The van der Waals surface area contributed by atoms with E-state index < -0.39 is 0 Å². The smallest absolute Gasteiger partial charge is 0.310 e. The number of hydrogen-bond acceptors (Lipinski definition) is 4. The summed E-state index contributed by atoms with van der Waals surface area (Å²) in [7, 11) is 3.96. The van der Waals surface area contributed by atoms with Gasteiger partial charge in [0.05, 0.1) is 19.6 Å². The molecule has 0 spiro atoms. The fraction of sp³-hybridized carbons (Fsp3) is 0.650. The summed E-state index contributed by atoms with van der Waals surface area (Å²) in [6.45, 7) is 4.72. The van der Waals surface area contributed by atoms with Gasteiger partial charge in [0.2, 0.25) is 0 Å². The second kappa shape index (κ2) is 5.48. The highest BCUT2D eigenvalue weighted by Crippen LogP contribution is 2.62. The molecule has 2 aliphatic carbocycles.